The van der Waals surface area contributed by atoms with Crippen molar-refractivity contribution in [3.05, 3.63) is 65.6 Å². The molecule has 38 heavy (non-hydrogen) atoms. The molecule has 3 aromatic rings. The largest absolute Gasteiger partial charge is 0.497 e. The Morgan fingerprint density at radius 2 is 2.11 bits per heavy atom. The van der Waals surface area contributed by atoms with Gasteiger partial charge in [0.1, 0.15) is 17.7 Å². The number of fused-ring (bicyclic) bond motifs is 1. The fourth-order valence-electron chi connectivity index (χ4n) is 5.11. The van der Waals surface area contributed by atoms with Crippen molar-refractivity contribution < 1.29 is 23.4 Å². The molecule has 200 valence electrons. The Morgan fingerprint density at radius 1 is 1.26 bits per heavy atom. The van der Waals surface area contributed by atoms with Gasteiger partial charge in [0.15, 0.2) is 0 Å². The van der Waals surface area contributed by atoms with E-state index in [0.29, 0.717) is 48.5 Å². The zero-order valence-electron chi connectivity index (χ0n) is 21.7. The van der Waals surface area contributed by atoms with Gasteiger partial charge < -0.3 is 15.2 Å². The fourth-order valence-corrected chi connectivity index (χ4v) is 5.11. The van der Waals surface area contributed by atoms with Gasteiger partial charge in [-0.05, 0) is 85.7 Å². The van der Waals surface area contributed by atoms with Crippen molar-refractivity contribution in [3.8, 4) is 17.6 Å². The topological polar surface area (TPSA) is 74.7 Å². The standard InChI is InChI=1S/C30H33F2N3O3/c1-20(37)34-29-9-6-24(31)16-22(29)4-3-14-35-15-12-21(23(18-35)19-36)5-8-28(32)26-11-13-33-30-10-7-25(38-2)17-27(26)30/h6-7,9-11,13,16-17,21,23,28,36H,5,8,12,14-15,18-19H2,1-2H3,(H,34,37)/t21-,23-,28-/m1/s1. The highest BCUT2D eigenvalue weighted by atomic mass is 19.1. The Balaban J connectivity index is 1.35. The van der Waals surface area contributed by atoms with Crippen LogP contribution < -0.4 is 10.1 Å². The molecule has 0 unspecified atom stereocenters. The number of benzene rings is 2. The Kier molecular flexibility index (Phi) is 9.27. The number of ether oxygens (including phenoxy) is 1. The number of aliphatic hydroxyl groups is 1. The predicted molar refractivity (Wildman–Crippen MR) is 144 cm³/mol. The summed E-state index contributed by atoms with van der Waals surface area (Å²) in [5, 5.41) is 13.5. The third-order valence-corrected chi connectivity index (χ3v) is 7.14. The summed E-state index contributed by atoms with van der Waals surface area (Å²) in [6, 6.07) is 11.3. The molecule has 3 atom stereocenters. The zero-order chi connectivity index (χ0) is 27.1. The van der Waals surface area contributed by atoms with Crippen molar-refractivity contribution in [3.63, 3.8) is 0 Å². The lowest BCUT2D eigenvalue weighted by Gasteiger charge is -2.37. The molecule has 1 aromatic heterocycles. The average molecular weight is 522 g/mol. The molecule has 2 heterocycles. The van der Waals surface area contributed by atoms with Gasteiger partial charge in [0.2, 0.25) is 5.91 Å². The number of methoxy groups -OCH3 is 1. The minimum atomic E-state index is -1.14. The highest BCUT2D eigenvalue weighted by molar-refractivity contribution is 5.90. The molecular weight excluding hydrogens is 488 g/mol. The molecule has 0 aliphatic carbocycles. The predicted octanol–water partition coefficient (Wildman–Crippen LogP) is 5.11. The van der Waals surface area contributed by atoms with E-state index in [2.05, 4.69) is 27.0 Å². The van der Waals surface area contributed by atoms with Gasteiger partial charge in [0.05, 0.1) is 30.4 Å². The molecule has 2 aromatic carbocycles. The summed E-state index contributed by atoms with van der Waals surface area (Å²) in [6.07, 6.45) is 2.36. The van der Waals surface area contributed by atoms with Crippen LogP contribution in [0.3, 0.4) is 0 Å². The van der Waals surface area contributed by atoms with Crippen molar-refractivity contribution in [1.82, 2.24) is 9.88 Å². The van der Waals surface area contributed by atoms with Crippen LogP contribution in [0.5, 0.6) is 5.75 Å². The maximum absolute atomic E-state index is 15.4. The van der Waals surface area contributed by atoms with Gasteiger partial charge in [-0.15, -0.1) is 0 Å². The van der Waals surface area contributed by atoms with E-state index in [1.807, 2.05) is 18.2 Å². The molecular formula is C30H33F2N3O3. The van der Waals surface area contributed by atoms with Gasteiger partial charge in [0, 0.05) is 31.7 Å². The lowest BCUT2D eigenvalue weighted by Crippen LogP contribution is -2.42. The minimum absolute atomic E-state index is 0.0242. The Hall–Kier alpha value is -3.54. The van der Waals surface area contributed by atoms with Crippen molar-refractivity contribution in [2.24, 2.45) is 11.8 Å². The number of pyridine rings is 1. The number of amides is 1. The van der Waals surface area contributed by atoms with Crippen LogP contribution in [0, 0.1) is 29.5 Å². The number of rotatable bonds is 8. The average Bonchev–Trinajstić information content (AvgIpc) is 2.92. The molecule has 0 spiro atoms. The second kappa shape index (κ2) is 12.8. The fraction of sp³-hybridized carbons (Fsp3) is 0.400. The van der Waals surface area contributed by atoms with Crippen LogP contribution in [-0.2, 0) is 4.79 Å². The number of carbonyl (C=O) groups is 1. The van der Waals surface area contributed by atoms with Crippen LogP contribution in [0.2, 0.25) is 0 Å². The summed E-state index contributed by atoms with van der Waals surface area (Å²) in [6.45, 7) is 3.31. The third kappa shape index (κ3) is 6.85. The number of halogens is 2. The molecule has 0 saturated carbocycles. The Bertz CT molecular complexity index is 1340. The number of aliphatic hydroxyl groups excluding tert-OH is 1. The Morgan fingerprint density at radius 3 is 2.87 bits per heavy atom. The normalized spacial score (nSPS) is 18.4. The van der Waals surface area contributed by atoms with Crippen molar-refractivity contribution >= 4 is 22.5 Å². The van der Waals surface area contributed by atoms with E-state index in [-0.39, 0.29) is 24.3 Å². The number of hydrogen-bond donors (Lipinski definition) is 2. The van der Waals surface area contributed by atoms with Crippen LogP contribution in [-0.4, -0.2) is 54.2 Å². The summed E-state index contributed by atoms with van der Waals surface area (Å²) >= 11 is 0. The van der Waals surface area contributed by atoms with Gasteiger partial charge in [-0.3, -0.25) is 14.7 Å². The number of piperidine rings is 1. The highest BCUT2D eigenvalue weighted by Crippen LogP contribution is 2.35. The maximum atomic E-state index is 15.4. The van der Waals surface area contributed by atoms with Gasteiger partial charge in [-0.25, -0.2) is 8.78 Å². The molecule has 1 aliphatic rings. The number of nitrogens with zero attached hydrogens (tertiary/aromatic N) is 2. The van der Waals surface area contributed by atoms with E-state index >= 15 is 4.39 Å². The van der Waals surface area contributed by atoms with Crippen LogP contribution in [0.1, 0.15) is 43.5 Å². The van der Waals surface area contributed by atoms with E-state index < -0.39 is 12.0 Å². The summed E-state index contributed by atoms with van der Waals surface area (Å²) in [4.78, 5) is 17.9. The minimum Gasteiger partial charge on any atom is -0.497 e. The number of hydrogen-bond acceptors (Lipinski definition) is 5. The lowest BCUT2D eigenvalue weighted by atomic mass is 9.81. The molecule has 1 saturated heterocycles. The van der Waals surface area contributed by atoms with Crippen molar-refractivity contribution in [1.29, 1.82) is 0 Å². The second-order valence-electron chi connectivity index (χ2n) is 9.73. The van der Waals surface area contributed by atoms with Gasteiger partial charge in [-0.2, -0.15) is 0 Å². The van der Waals surface area contributed by atoms with E-state index in [4.69, 9.17) is 4.74 Å². The van der Waals surface area contributed by atoms with E-state index in [0.717, 1.165) is 23.9 Å². The molecule has 8 heteroatoms. The Labute approximate surface area is 222 Å². The molecule has 6 nitrogen and oxygen atoms in total. The summed E-state index contributed by atoms with van der Waals surface area (Å²) in [7, 11) is 1.58. The van der Waals surface area contributed by atoms with Gasteiger partial charge in [0.25, 0.3) is 0 Å². The second-order valence-corrected chi connectivity index (χ2v) is 9.73. The quantitative estimate of drug-likeness (QED) is 0.403. The molecule has 0 bridgehead atoms. The van der Waals surface area contributed by atoms with E-state index in [1.54, 1.807) is 19.4 Å². The lowest BCUT2D eigenvalue weighted by molar-refractivity contribution is -0.114. The number of likely N-dealkylation sites (tertiary alicyclic amines) is 1. The molecule has 0 radical (unpaired) electrons. The first-order valence-electron chi connectivity index (χ1n) is 12.8. The molecule has 2 N–H and O–H groups in total. The molecule has 1 aliphatic heterocycles. The monoisotopic (exact) mass is 521 g/mol. The van der Waals surface area contributed by atoms with Gasteiger partial charge in [-0.1, -0.05) is 11.8 Å². The number of alkyl halides is 1. The van der Waals surface area contributed by atoms with Crippen LogP contribution in [0.25, 0.3) is 10.9 Å². The number of aromatic nitrogens is 1. The zero-order valence-corrected chi connectivity index (χ0v) is 21.7. The summed E-state index contributed by atoms with van der Waals surface area (Å²) in [5.41, 5.74) is 2.23. The first kappa shape index (κ1) is 27.5. The summed E-state index contributed by atoms with van der Waals surface area (Å²) in [5.74, 6) is 6.26. The van der Waals surface area contributed by atoms with Crippen LogP contribution >= 0.6 is 0 Å². The third-order valence-electron chi connectivity index (χ3n) is 7.14. The highest BCUT2D eigenvalue weighted by Gasteiger charge is 2.29. The number of anilines is 1. The molecule has 1 amide bonds. The SMILES string of the molecule is COc1ccc2nccc([C@H](F)CC[C@@H]3CCN(CC#Cc4cc(F)ccc4NC(C)=O)C[C@@H]3CO)c2c1. The van der Waals surface area contributed by atoms with Gasteiger partial charge >= 0.3 is 0 Å². The first-order valence-corrected chi connectivity index (χ1v) is 12.8. The van der Waals surface area contributed by atoms with Crippen molar-refractivity contribution in [2.45, 2.75) is 32.4 Å². The van der Waals surface area contributed by atoms with Crippen molar-refractivity contribution in [2.75, 3.05) is 38.7 Å². The number of carbonyl (C=O) groups excluding carboxylic acids is 1. The first-order chi connectivity index (χ1) is 18.4. The number of nitrogens with one attached hydrogen (secondary N) is 1. The summed E-state index contributed by atoms with van der Waals surface area (Å²) < 4.78 is 34.4. The molecule has 4 rings (SSSR count). The van der Waals surface area contributed by atoms with E-state index in [9.17, 15) is 14.3 Å². The van der Waals surface area contributed by atoms with Crippen LogP contribution in [0.4, 0.5) is 14.5 Å². The van der Waals surface area contributed by atoms with E-state index in [1.165, 1.54) is 25.1 Å². The maximum Gasteiger partial charge on any atom is 0.221 e. The molecule has 1 fully saturated rings. The van der Waals surface area contributed by atoms with Crippen LogP contribution in [0.15, 0.2) is 48.7 Å². The smallest absolute Gasteiger partial charge is 0.221 e.